The number of carbonyl (C=O) groups excluding carboxylic acids is 10. The van der Waals surface area contributed by atoms with Crippen LogP contribution in [0.3, 0.4) is 0 Å². The second kappa shape index (κ2) is 66.8. The number of hydrogen-bond donors (Lipinski definition) is 0. The summed E-state index contributed by atoms with van der Waals surface area (Å²) in [6, 6.07) is 7.90. The van der Waals surface area contributed by atoms with E-state index in [4.69, 9.17) is 68.6 Å². The number of hydrogen-bond acceptors (Lipinski definition) is 27. The number of esters is 10. The zero-order valence-electron chi connectivity index (χ0n) is 89.6. The van der Waals surface area contributed by atoms with Crippen LogP contribution in [-0.4, -0.2) is 218 Å². The first-order valence-electron chi connectivity index (χ1n) is 51.5. The van der Waals surface area contributed by atoms with Gasteiger partial charge in [-0.3, -0.25) is 24.0 Å². The Morgan fingerprint density at radius 2 is 0.620 bits per heavy atom. The number of unbranched alkanes of at least 4 members (excludes halogenated alkanes) is 1. The molecule has 0 aromatic rings. The van der Waals surface area contributed by atoms with E-state index in [1.807, 2.05) is 48.5 Å². The Labute approximate surface area is 837 Å². The van der Waals surface area contributed by atoms with Gasteiger partial charge in [-0.05, 0) is 272 Å². The molecule has 4 saturated carbocycles. The number of ether oxygens (including phenoxy) is 11. The van der Waals surface area contributed by atoms with Gasteiger partial charge < -0.3 is 77.5 Å². The minimum atomic E-state index is -2.46. The largest absolute Gasteiger partial charge is 0.462 e. The molecule has 0 aliphatic heterocycles. The van der Waals surface area contributed by atoms with Crippen LogP contribution in [0.5, 0.6) is 0 Å². The summed E-state index contributed by atoms with van der Waals surface area (Å²) in [6.07, 6.45) is 22.7. The van der Waals surface area contributed by atoms with Gasteiger partial charge in [-0.15, -0.1) is 0 Å². The predicted molar refractivity (Wildman–Crippen MR) is 565 cm³/mol. The fourth-order valence-electron chi connectivity index (χ4n) is 18.3. The predicted octanol–water partition coefficient (Wildman–Crippen LogP) is 23.7. The van der Waals surface area contributed by atoms with Gasteiger partial charge in [0.2, 0.25) is 0 Å². The molecule has 27 nitrogen and oxygen atoms in total. The Hall–Kier alpha value is -5.03. The Balaban J connectivity index is 0.000000945. The molecule has 788 valence electrons. The molecule has 0 heterocycles. The minimum absolute atomic E-state index is 0.0173. The standard InChI is InChI=1S/C36H64O10Si3.C25H50O6Si3.C20H36O5Si2.C19H36O6Si2/c1-11-15-35(39)41-29-19-17-27(25-31(29)43-33(37)13-3)21-23-47(5,6)45-49(9,10)46-48(7,8)24-22-28-18-20-30(42-36(40)16-12-2)32(26-28)44-34(38)14-4;1-10-13-18-32(4,5)30-34(8,9)31-33(6,7)19-17-21-15-16-22(28-25(27)14-11-2)23(20-21)29-24(26)12-3;1-6-9-20(22)24-17-11-10-16(14-18(17)25-19(21)7-2)12-13-27(4,5)15-26(23)8-3;1-7-10-18(20)24-14-17(25-19(21)16(3)4)13-23-11-9-12-27(5,6)15-26(22)8-2/h13-14,27-32H,3-4,11-12,15-26H2,1-2,5-10H3;12,21-23H,3,10-11,13-20H2,1-2,4-9H3;7,16-18H,2,6,8-15H2,1,3-5H3;17H,3,7-15H2,1-2,4-6H3. The molecule has 4 aliphatic rings. The number of carbonyl (C=O) groups is 10. The summed E-state index contributed by atoms with van der Waals surface area (Å²) in [6.45, 7) is 71.8. The van der Waals surface area contributed by atoms with Crippen molar-refractivity contribution < 1.29 is 125 Å². The molecule has 0 bridgehead atoms. The first-order chi connectivity index (χ1) is 63.9. The molecule has 4 rings (SSSR count). The van der Waals surface area contributed by atoms with Crippen LogP contribution in [0.15, 0.2) is 62.8 Å². The highest BCUT2D eigenvalue weighted by atomic mass is 28.5. The van der Waals surface area contributed by atoms with Crippen molar-refractivity contribution in [2.24, 2.45) is 23.7 Å². The third-order valence-corrected chi connectivity index (χ3v) is 63.5. The third kappa shape index (κ3) is 59.7. The molecule has 0 N–H and O–H groups in total. The van der Waals surface area contributed by atoms with E-state index < -0.39 is 156 Å². The van der Waals surface area contributed by atoms with Gasteiger partial charge in [-0.2, -0.15) is 0 Å². The smallest absolute Gasteiger partial charge is 0.333 e. The monoisotopic (exact) mass is 2100 g/mol. The lowest BCUT2D eigenvalue weighted by Crippen LogP contribution is -2.52. The molecule has 0 spiro atoms. The Morgan fingerprint density at radius 3 is 0.891 bits per heavy atom. The average molecular weight is 2100 g/mol. The molecule has 0 aromatic carbocycles. The summed E-state index contributed by atoms with van der Waals surface area (Å²) >= 11 is 0. The summed E-state index contributed by atoms with van der Waals surface area (Å²) < 4.78 is 112. The maximum absolute atomic E-state index is 12.2. The van der Waals surface area contributed by atoms with E-state index in [0.29, 0.717) is 119 Å². The summed E-state index contributed by atoms with van der Waals surface area (Å²) in [4.78, 5) is 119. The van der Waals surface area contributed by atoms with Crippen molar-refractivity contribution in [3.05, 3.63) is 62.8 Å². The van der Waals surface area contributed by atoms with Crippen molar-refractivity contribution in [2.75, 3.05) is 19.8 Å². The molecule has 4 fully saturated rings. The third-order valence-electron chi connectivity index (χ3n) is 25.1. The Morgan fingerprint density at radius 1 is 0.343 bits per heavy atom. The fraction of sp³-hybridized carbons (Fsp3) is 0.800. The zero-order valence-corrected chi connectivity index (χ0v) is 99.6. The highest BCUT2D eigenvalue weighted by Gasteiger charge is 2.46. The van der Waals surface area contributed by atoms with Crippen LogP contribution in [0.4, 0.5) is 0 Å². The van der Waals surface area contributed by atoms with Crippen LogP contribution in [0.25, 0.3) is 0 Å². The van der Waals surface area contributed by atoms with Crippen molar-refractivity contribution in [1.82, 2.24) is 0 Å². The van der Waals surface area contributed by atoms with E-state index >= 15 is 0 Å². The van der Waals surface area contributed by atoms with Gasteiger partial charge in [-0.25, -0.2) is 24.0 Å². The lowest BCUT2D eigenvalue weighted by Gasteiger charge is -2.40. The molecule has 0 saturated heterocycles. The topological polar surface area (TPSA) is 343 Å². The van der Waals surface area contributed by atoms with Crippen LogP contribution >= 0.6 is 0 Å². The van der Waals surface area contributed by atoms with Crippen LogP contribution in [0.2, 0.25) is 164 Å². The van der Waals surface area contributed by atoms with Crippen LogP contribution < -0.4 is 0 Å². The molecule has 0 aromatic heterocycles. The average Bonchev–Trinajstić information content (AvgIpc) is 0.829. The summed E-state index contributed by atoms with van der Waals surface area (Å²) in [5.74, 6) is -2.13. The van der Waals surface area contributed by atoms with Crippen molar-refractivity contribution in [1.29, 1.82) is 0 Å². The number of rotatable bonds is 61. The van der Waals surface area contributed by atoms with Gasteiger partial charge >= 0.3 is 76.8 Å². The van der Waals surface area contributed by atoms with E-state index in [0.717, 1.165) is 162 Å². The summed E-state index contributed by atoms with van der Waals surface area (Å²) in [7, 11) is -18.2. The van der Waals surface area contributed by atoms with E-state index in [1.54, 1.807) is 6.92 Å². The highest BCUT2D eigenvalue weighted by Crippen LogP contribution is 2.41. The van der Waals surface area contributed by atoms with Crippen LogP contribution in [0, 0.1) is 23.7 Å². The second-order valence-electron chi connectivity index (χ2n) is 42.9. The molecule has 137 heavy (non-hydrogen) atoms. The maximum Gasteiger partial charge on any atom is 0.333 e. The van der Waals surface area contributed by atoms with Crippen LogP contribution in [0.1, 0.15) is 249 Å². The SMILES string of the molecule is C=C(C)C(=O)OC(COCCC[Si](C)(C)C[Si](=O)CC)COC(=O)CCC.C=CC(=O)OC1CC(CC[Si](C)(C)C[Si](=O)CC)CCC1OC(=O)CCC.C=CC(=O)OC1CC(CC[Si](C)(C)O[Si](C)(C)O[Si](C)(C)CCC2CCC(OC(=O)CCC)C(OC(=O)C=C)C2)CCC1OC(=O)CCC.C=CC(=O)OC1CC(CC[Si](C)(C)O[Si](C)(C)O[Si](C)(C)CCCC)CCC1OC(=O)CCC. The van der Waals surface area contributed by atoms with Crippen LogP contribution in [-0.2, 0) is 125 Å². The van der Waals surface area contributed by atoms with Gasteiger partial charge in [0.25, 0.3) is 17.4 Å². The molecule has 13 unspecified atom stereocenters. The van der Waals surface area contributed by atoms with E-state index in [-0.39, 0.29) is 55.3 Å². The minimum Gasteiger partial charge on any atom is -0.462 e. The lowest BCUT2D eigenvalue weighted by atomic mass is 9.83. The molecule has 0 radical (unpaired) electrons. The Bertz CT molecular complexity index is 3650. The normalized spacial score (nSPS) is 21.1. The van der Waals surface area contributed by atoms with Crippen molar-refractivity contribution >= 4 is 144 Å². The first kappa shape index (κ1) is 130. The zero-order chi connectivity index (χ0) is 104. The summed E-state index contributed by atoms with van der Waals surface area (Å²) in [5.41, 5.74) is 2.10. The molecule has 4 aliphatic carbocycles. The summed E-state index contributed by atoms with van der Waals surface area (Å²) in [5, 5.41) is 0. The quantitative estimate of drug-likeness (QED) is 0.0179. The van der Waals surface area contributed by atoms with Gasteiger partial charge in [0.15, 0.2) is 39.4 Å². The molecule has 37 heteroatoms. The molecule has 0 amide bonds. The van der Waals surface area contributed by atoms with Crippen molar-refractivity contribution in [3.8, 4) is 0 Å². The van der Waals surface area contributed by atoms with Gasteiger partial charge in [0.1, 0.15) is 55.4 Å². The lowest BCUT2D eigenvalue weighted by molar-refractivity contribution is -0.170. The van der Waals surface area contributed by atoms with E-state index in [9.17, 15) is 56.9 Å². The van der Waals surface area contributed by atoms with E-state index in [2.05, 4.69) is 145 Å². The molecular formula is C100H186O27Si10. The first-order valence-corrected chi connectivity index (χ1v) is 80.1. The van der Waals surface area contributed by atoms with Crippen molar-refractivity contribution in [2.45, 2.75) is 468 Å². The fourth-order valence-corrected chi connectivity index (χ4v) is 61.1. The van der Waals surface area contributed by atoms with E-state index in [1.165, 1.54) is 25.0 Å². The van der Waals surface area contributed by atoms with Gasteiger partial charge in [0, 0.05) is 68.6 Å². The molecule has 13 atom stereocenters. The van der Waals surface area contributed by atoms with Gasteiger partial charge in [0.05, 0.1) is 22.8 Å². The van der Waals surface area contributed by atoms with Crippen molar-refractivity contribution in [3.63, 3.8) is 0 Å². The Kier molecular flexibility index (Phi) is 63.4. The maximum atomic E-state index is 12.2. The van der Waals surface area contributed by atoms with Gasteiger partial charge in [-0.1, -0.05) is 165 Å². The highest BCUT2D eigenvalue weighted by molar-refractivity contribution is 6.89. The molecular weight excluding hydrogens is 1910 g/mol. The second-order valence-corrected chi connectivity index (χ2v) is 83.9.